The predicted octanol–water partition coefficient (Wildman–Crippen LogP) is 3.39. The highest BCUT2D eigenvalue weighted by Crippen LogP contribution is 2.46. The molecule has 1 aromatic heterocycles. The molecule has 2 aromatic carbocycles. The van der Waals surface area contributed by atoms with E-state index in [2.05, 4.69) is 46.0 Å². The molecule has 1 aliphatic heterocycles. The lowest BCUT2D eigenvalue weighted by molar-refractivity contribution is -0.644. The van der Waals surface area contributed by atoms with Crippen LogP contribution in [0, 0.1) is 0 Å². The second-order valence-corrected chi connectivity index (χ2v) is 11.4. The van der Waals surface area contributed by atoms with Gasteiger partial charge >= 0.3 is 0 Å². The highest BCUT2D eigenvalue weighted by atomic mass is 32.2. The maximum absolute atomic E-state index is 13.0. The van der Waals surface area contributed by atoms with E-state index in [1.54, 1.807) is 30.9 Å². The molecule has 0 aliphatic carbocycles. The Labute approximate surface area is 194 Å². The van der Waals surface area contributed by atoms with Gasteiger partial charge in [0.2, 0.25) is 15.5 Å². The molecule has 168 valence electrons. The fraction of sp³-hybridized carbons (Fsp3) is 0.292. The zero-order chi connectivity index (χ0) is 23.0. The van der Waals surface area contributed by atoms with E-state index in [0.29, 0.717) is 18.0 Å². The van der Waals surface area contributed by atoms with Crippen LogP contribution in [-0.4, -0.2) is 58.9 Å². The lowest BCUT2D eigenvalue weighted by atomic mass is 10.1. The molecule has 0 N–H and O–H groups in total. The lowest BCUT2D eigenvalue weighted by Crippen LogP contribution is -2.33. The van der Waals surface area contributed by atoms with Crippen molar-refractivity contribution in [1.29, 1.82) is 0 Å². The number of pyridine rings is 1. The number of aryl methyl sites for hydroxylation is 1. The van der Waals surface area contributed by atoms with Gasteiger partial charge in [0.05, 0.1) is 21.0 Å². The summed E-state index contributed by atoms with van der Waals surface area (Å²) in [4.78, 5) is 5.38. The molecule has 0 fully saturated rings. The summed E-state index contributed by atoms with van der Waals surface area (Å²) in [5, 5.41) is 2.25. The number of sulfonamides is 1. The van der Waals surface area contributed by atoms with Gasteiger partial charge in [0, 0.05) is 44.2 Å². The summed E-state index contributed by atoms with van der Waals surface area (Å²) in [5.41, 5.74) is 3.32. The van der Waals surface area contributed by atoms with Gasteiger partial charge in [-0.3, -0.25) is 0 Å². The number of hydrogen-bond donors (Lipinski definition) is 0. The van der Waals surface area contributed by atoms with Gasteiger partial charge in [0.15, 0.2) is 6.20 Å². The van der Waals surface area contributed by atoms with Crippen LogP contribution in [0.5, 0.6) is 0 Å². The molecular formula is C24H29N4O2S2+. The van der Waals surface area contributed by atoms with Crippen LogP contribution in [0.3, 0.4) is 0 Å². The Bertz CT molecular complexity index is 1300. The Morgan fingerprint density at radius 3 is 2.56 bits per heavy atom. The third-order valence-corrected chi connectivity index (χ3v) is 8.76. The van der Waals surface area contributed by atoms with Gasteiger partial charge in [0.25, 0.3) is 0 Å². The van der Waals surface area contributed by atoms with E-state index in [1.807, 2.05) is 45.2 Å². The second kappa shape index (κ2) is 8.86. The van der Waals surface area contributed by atoms with Crippen molar-refractivity contribution in [3.8, 4) is 0 Å². The Balaban J connectivity index is 1.65. The standard InChI is InChI=1S/C24H29N4O2S2/c1-25(2)14-15-27(4)32(29,30)19-10-11-22-23(17-19)31-24(28(22)5)16-18-12-13-26(3)21-9-7-6-8-20(18)21/h6-13,16-17H,14-15H2,1-5H3/q+1. The van der Waals surface area contributed by atoms with Crippen LogP contribution in [0.1, 0.15) is 5.56 Å². The normalized spacial score (nSPS) is 15.3. The fourth-order valence-electron chi connectivity index (χ4n) is 3.73. The summed E-state index contributed by atoms with van der Waals surface area (Å²) in [5.74, 6) is 0. The highest BCUT2D eigenvalue weighted by molar-refractivity contribution is 8.04. The molecule has 0 radical (unpaired) electrons. The van der Waals surface area contributed by atoms with Gasteiger partial charge in [-0.1, -0.05) is 23.9 Å². The van der Waals surface area contributed by atoms with Gasteiger partial charge < -0.3 is 9.80 Å². The molecule has 0 unspecified atom stereocenters. The number of nitrogens with zero attached hydrogens (tertiary/aromatic N) is 4. The first-order valence-corrected chi connectivity index (χ1v) is 12.7. The quantitative estimate of drug-likeness (QED) is 0.518. The zero-order valence-electron chi connectivity index (χ0n) is 19.1. The number of rotatable bonds is 6. The van der Waals surface area contributed by atoms with Crippen molar-refractivity contribution in [2.45, 2.75) is 9.79 Å². The molecule has 3 aromatic rings. The molecule has 0 saturated carbocycles. The number of benzene rings is 2. The molecule has 2 heterocycles. The monoisotopic (exact) mass is 469 g/mol. The summed E-state index contributed by atoms with van der Waals surface area (Å²) in [7, 11) is 6.04. The average molecular weight is 470 g/mol. The minimum atomic E-state index is -3.53. The van der Waals surface area contributed by atoms with E-state index in [-0.39, 0.29) is 0 Å². The molecule has 8 heteroatoms. The van der Waals surface area contributed by atoms with E-state index in [9.17, 15) is 8.42 Å². The smallest absolute Gasteiger partial charge is 0.242 e. The summed E-state index contributed by atoms with van der Waals surface area (Å²) in [6, 6.07) is 15.9. The Morgan fingerprint density at radius 2 is 1.81 bits per heavy atom. The Kier molecular flexibility index (Phi) is 6.31. The molecule has 0 atom stereocenters. The van der Waals surface area contributed by atoms with E-state index >= 15 is 0 Å². The molecule has 0 saturated heterocycles. The van der Waals surface area contributed by atoms with Crippen LogP contribution >= 0.6 is 11.8 Å². The number of anilines is 1. The number of fused-ring (bicyclic) bond motifs is 2. The van der Waals surface area contributed by atoms with E-state index in [0.717, 1.165) is 21.2 Å². The average Bonchev–Trinajstić information content (AvgIpc) is 3.08. The third-order valence-electron chi connectivity index (χ3n) is 5.76. The second-order valence-electron chi connectivity index (χ2n) is 8.30. The van der Waals surface area contributed by atoms with Gasteiger partial charge in [-0.15, -0.1) is 0 Å². The van der Waals surface area contributed by atoms with Crippen molar-refractivity contribution in [2.24, 2.45) is 7.05 Å². The van der Waals surface area contributed by atoms with Gasteiger partial charge in [-0.2, -0.15) is 4.31 Å². The molecule has 0 bridgehead atoms. The van der Waals surface area contributed by atoms with Crippen LogP contribution in [0.15, 0.2) is 69.5 Å². The molecule has 6 nitrogen and oxygen atoms in total. The first-order valence-electron chi connectivity index (χ1n) is 10.4. The summed E-state index contributed by atoms with van der Waals surface area (Å²) < 4.78 is 29.6. The number of aromatic nitrogens is 1. The van der Waals surface area contributed by atoms with Crippen molar-refractivity contribution in [2.75, 3.05) is 46.2 Å². The van der Waals surface area contributed by atoms with E-state index in [1.165, 1.54) is 15.2 Å². The highest BCUT2D eigenvalue weighted by Gasteiger charge is 2.27. The van der Waals surface area contributed by atoms with Crippen molar-refractivity contribution >= 4 is 44.5 Å². The van der Waals surface area contributed by atoms with Crippen LogP contribution in [-0.2, 0) is 17.1 Å². The van der Waals surface area contributed by atoms with Gasteiger partial charge in [-0.25, -0.2) is 13.0 Å². The lowest BCUT2D eigenvalue weighted by Gasteiger charge is -2.20. The van der Waals surface area contributed by atoms with Gasteiger partial charge in [0.1, 0.15) is 7.05 Å². The van der Waals surface area contributed by atoms with Crippen LogP contribution in [0.2, 0.25) is 0 Å². The summed E-state index contributed by atoms with van der Waals surface area (Å²) in [6.45, 7) is 1.12. The largest absolute Gasteiger partial charge is 0.338 e. The van der Waals surface area contributed by atoms with Crippen LogP contribution in [0.4, 0.5) is 5.69 Å². The fourth-order valence-corrected chi connectivity index (χ4v) is 6.13. The summed E-state index contributed by atoms with van der Waals surface area (Å²) in [6.07, 6.45) is 4.24. The van der Waals surface area contributed by atoms with E-state index in [4.69, 9.17) is 0 Å². The van der Waals surface area contributed by atoms with Gasteiger partial charge in [-0.05, 0) is 50.0 Å². The van der Waals surface area contributed by atoms with Crippen molar-refractivity contribution in [1.82, 2.24) is 9.21 Å². The molecule has 32 heavy (non-hydrogen) atoms. The zero-order valence-corrected chi connectivity index (χ0v) is 20.7. The minimum Gasteiger partial charge on any atom is -0.338 e. The first kappa shape index (κ1) is 22.8. The SMILES string of the molecule is CN(C)CCN(C)S(=O)(=O)c1ccc2c(c1)SC(=Cc1cc[n+](C)c3ccccc13)N2C. The van der Waals surface area contributed by atoms with Crippen molar-refractivity contribution < 1.29 is 13.0 Å². The predicted molar refractivity (Wildman–Crippen MR) is 132 cm³/mol. The van der Waals surface area contributed by atoms with Crippen molar-refractivity contribution in [3.63, 3.8) is 0 Å². The minimum absolute atomic E-state index is 0.330. The van der Waals surface area contributed by atoms with Crippen LogP contribution in [0.25, 0.3) is 17.0 Å². The molecule has 1 aliphatic rings. The number of para-hydroxylation sites is 1. The molecule has 4 rings (SSSR count). The number of thioether (sulfide) groups is 1. The molecular weight excluding hydrogens is 440 g/mol. The number of likely N-dealkylation sites (N-methyl/N-ethyl adjacent to an activating group) is 2. The summed E-state index contributed by atoms with van der Waals surface area (Å²) >= 11 is 1.60. The molecule has 0 amide bonds. The maximum atomic E-state index is 13.0. The van der Waals surface area contributed by atoms with E-state index < -0.39 is 10.0 Å². The topological polar surface area (TPSA) is 47.7 Å². The first-order chi connectivity index (χ1) is 15.2. The third kappa shape index (κ3) is 4.28. The van der Waals surface area contributed by atoms with Crippen molar-refractivity contribution in [3.05, 3.63) is 65.3 Å². The number of hydrogen-bond acceptors (Lipinski definition) is 5. The Morgan fingerprint density at radius 1 is 1.06 bits per heavy atom. The molecule has 0 spiro atoms. The maximum Gasteiger partial charge on any atom is 0.242 e. The van der Waals surface area contributed by atoms with Crippen LogP contribution < -0.4 is 9.47 Å². The Hall–Kier alpha value is -2.39.